The summed E-state index contributed by atoms with van der Waals surface area (Å²) < 4.78 is 6.94. The van der Waals surface area contributed by atoms with Crippen molar-refractivity contribution in [1.82, 2.24) is 14.9 Å². The number of ether oxygens (including phenoxy) is 1. The highest BCUT2D eigenvalue weighted by Gasteiger charge is 2.08. The Kier molecular flexibility index (Phi) is 4.30. The molecule has 0 radical (unpaired) electrons. The van der Waals surface area contributed by atoms with Crippen LogP contribution >= 0.6 is 12.2 Å². The van der Waals surface area contributed by atoms with Crippen molar-refractivity contribution in [3.8, 4) is 28.6 Å². The quantitative estimate of drug-likeness (QED) is 0.385. The van der Waals surface area contributed by atoms with Crippen molar-refractivity contribution in [3.63, 3.8) is 0 Å². The van der Waals surface area contributed by atoms with Crippen LogP contribution < -0.4 is 4.74 Å². The van der Waals surface area contributed by atoms with E-state index in [-0.39, 0.29) is 11.5 Å². The van der Waals surface area contributed by atoms with Crippen molar-refractivity contribution in [1.29, 1.82) is 0 Å². The molecule has 1 heterocycles. The first-order chi connectivity index (χ1) is 11.6. The van der Waals surface area contributed by atoms with E-state index in [9.17, 15) is 10.2 Å². The Morgan fingerprint density at radius 3 is 2.58 bits per heavy atom. The first kappa shape index (κ1) is 15.8. The number of nitrogens with one attached hydrogen (secondary N) is 1. The minimum Gasteiger partial charge on any atom is -0.504 e. The van der Waals surface area contributed by atoms with Crippen LogP contribution in [0.2, 0.25) is 0 Å². The van der Waals surface area contributed by atoms with Crippen LogP contribution in [-0.4, -0.2) is 38.4 Å². The van der Waals surface area contributed by atoms with Crippen LogP contribution in [0.3, 0.4) is 0 Å². The van der Waals surface area contributed by atoms with Crippen molar-refractivity contribution in [2.24, 2.45) is 5.10 Å². The zero-order valence-electron chi connectivity index (χ0n) is 12.7. The summed E-state index contributed by atoms with van der Waals surface area (Å²) in [5.74, 6) is 0.875. The van der Waals surface area contributed by atoms with E-state index >= 15 is 0 Å². The van der Waals surface area contributed by atoms with Gasteiger partial charge in [-0.3, -0.25) is 0 Å². The number of aromatic amines is 1. The van der Waals surface area contributed by atoms with E-state index < -0.39 is 0 Å². The summed E-state index contributed by atoms with van der Waals surface area (Å²) in [6.07, 6.45) is 1.51. The topological polar surface area (TPSA) is 95.7 Å². The molecule has 0 saturated carbocycles. The second-order valence-electron chi connectivity index (χ2n) is 4.89. The van der Waals surface area contributed by atoms with Gasteiger partial charge in [-0.2, -0.15) is 14.9 Å². The fraction of sp³-hybridized carbons (Fsp3) is 0.0625. The Balaban J connectivity index is 1.96. The average molecular weight is 342 g/mol. The molecule has 0 aliphatic rings. The van der Waals surface area contributed by atoms with Gasteiger partial charge in [-0.1, -0.05) is 0 Å². The number of H-pyrrole nitrogens is 1. The third kappa shape index (κ3) is 3.13. The summed E-state index contributed by atoms with van der Waals surface area (Å²) in [5.41, 5.74) is 1.42. The maximum atomic E-state index is 9.52. The predicted molar refractivity (Wildman–Crippen MR) is 92.2 cm³/mol. The summed E-state index contributed by atoms with van der Waals surface area (Å²) in [5, 5.41) is 30.0. The number of rotatable bonds is 4. The Morgan fingerprint density at radius 1 is 1.17 bits per heavy atom. The highest BCUT2D eigenvalue weighted by molar-refractivity contribution is 7.71. The molecule has 3 N–H and O–H groups in total. The molecule has 0 fully saturated rings. The van der Waals surface area contributed by atoms with E-state index in [1.807, 2.05) is 24.3 Å². The number of phenols is 2. The number of phenolic OH excluding ortho intramolecular Hbond substituents is 2. The first-order valence-corrected chi connectivity index (χ1v) is 7.37. The van der Waals surface area contributed by atoms with E-state index in [2.05, 4.69) is 15.3 Å². The average Bonchev–Trinajstić information content (AvgIpc) is 2.97. The molecule has 0 saturated heterocycles. The van der Waals surface area contributed by atoms with Crippen LogP contribution in [0.15, 0.2) is 47.6 Å². The Morgan fingerprint density at radius 2 is 1.92 bits per heavy atom. The standard InChI is InChI=1S/C16H14N4O3S/c1-23-12-5-3-11(4-6-12)15-18-19-16(24)20(15)17-9-10-2-7-13(21)14(22)8-10/h2-9,21-22H,1H3,(H,19,24)/b17-9-. The van der Waals surface area contributed by atoms with Gasteiger partial charge in [0.2, 0.25) is 4.77 Å². The predicted octanol–water partition coefficient (Wildman–Crippen LogP) is 2.91. The van der Waals surface area contributed by atoms with Gasteiger partial charge in [0.1, 0.15) is 5.75 Å². The molecular weight excluding hydrogens is 328 g/mol. The largest absolute Gasteiger partial charge is 0.504 e. The van der Waals surface area contributed by atoms with Crippen molar-refractivity contribution in [2.45, 2.75) is 0 Å². The van der Waals surface area contributed by atoms with E-state index in [0.717, 1.165) is 11.3 Å². The fourth-order valence-corrected chi connectivity index (χ4v) is 2.25. The van der Waals surface area contributed by atoms with E-state index in [1.165, 1.54) is 23.0 Å². The number of aromatic hydroxyl groups is 2. The number of benzene rings is 2. The molecule has 0 spiro atoms. The molecular formula is C16H14N4O3S. The van der Waals surface area contributed by atoms with Crippen molar-refractivity contribution >= 4 is 18.4 Å². The molecule has 0 unspecified atom stereocenters. The molecule has 2 aromatic carbocycles. The lowest BCUT2D eigenvalue weighted by Crippen LogP contribution is -1.95. The van der Waals surface area contributed by atoms with Crippen molar-refractivity contribution < 1.29 is 14.9 Å². The molecule has 8 heteroatoms. The molecule has 0 bridgehead atoms. The maximum Gasteiger partial charge on any atom is 0.216 e. The molecule has 3 aromatic rings. The Hall–Kier alpha value is -3.13. The lowest BCUT2D eigenvalue weighted by molar-refractivity contribution is 0.403. The minimum absolute atomic E-state index is 0.189. The number of nitrogens with zero attached hydrogens (tertiary/aromatic N) is 3. The maximum absolute atomic E-state index is 9.52. The van der Waals surface area contributed by atoms with Crippen LogP contribution in [0.5, 0.6) is 17.2 Å². The molecule has 3 rings (SSSR count). The van der Waals surface area contributed by atoms with Crippen LogP contribution in [0.4, 0.5) is 0 Å². The lowest BCUT2D eigenvalue weighted by Gasteiger charge is -2.03. The summed E-state index contributed by atoms with van der Waals surface area (Å²) in [6, 6.07) is 11.7. The number of hydrogen-bond acceptors (Lipinski definition) is 6. The highest BCUT2D eigenvalue weighted by Crippen LogP contribution is 2.24. The number of hydrogen-bond donors (Lipinski definition) is 3. The third-order valence-corrected chi connectivity index (χ3v) is 3.58. The molecule has 1 aromatic heterocycles. The lowest BCUT2D eigenvalue weighted by atomic mass is 10.2. The molecule has 0 aliphatic heterocycles. The van der Waals surface area contributed by atoms with Gasteiger partial charge in [0.15, 0.2) is 17.3 Å². The fourth-order valence-electron chi connectivity index (χ4n) is 2.07. The van der Waals surface area contributed by atoms with Gasteiger partial charge in [0.25, 0.3) is 0 Å². The molecule has 0 atom stereocenters. The van der Waals surface area contributed by atoms with Gasteiger partial charge < -0.3 is 14.9 Å². The van der Waals surface area contributed by atoms with Gasteiger partial charge >= 0.3 is 0 Å². The smallest absolute Gasteiger partial charge is 0.216 e. The van der Waals surface area contributed by atoms with E-state index in [0.29, 0.717) is 16.2 Å². The zero-order valence-corrected chi connectivity index (χ0v) is 13.5. The molecule has 122 valence electrons. The minimum atomic E-state index is -0.217. The van der Waals surface area contributed by atoms with Crippen molar-refractivity contribution in [3.05, 3.63) is 52.8 Å². The van der Waals surface area contributed by atoms with Gasteiger partial charge in [0.05, 0.1) is 13.3 Å². The van der Waals surface area contributed by atoms with Crippen LogP contribution in [-0.2, 0) is 0 Å². The second-order valence-corrected chi connectivity index (χ2v) is 5.27. The summed E-state index contributed by atoms with van der Waals surface area (Å²) in [7, 11) is 1.60. The zero-order chi connectivity index (χ0) is 17.1. The van der Waals surface area contributed by atoms with Crippen LogP contribution in [0.1, 0.15) is 5.56 Å². The second kappa shape index (κ2) is 6.55. The molecule has 24 heavy (non-hydrogen) atoms. The summed E-state index contributed by atoms with van der Waals surface area (Å²) in [6.45, 7) is 0. The van der Waals surface area contributed by atoms with Crippen LogP contribution in [0, 0.1) is 4.77 Å². The third-order valence-electron chi connectivity index (χ3n) is 3.32. The Labute approximate surface area is 142 Å². The van der Waals surface area contributed by atoms with Gasteiger partial charge in [-0.15, -0.1) is 0 Å². The van der Waals surface area contributed by atoms with Crippen LogP contribution in [0.25, 0.3) is 11.4 Å². The van der Waals surface area contributed by atoms with Gasteiger partial charge in [-0.25, -0.2) is 5.10 Å². The number of aromatic nitrogens is 3. The molecule has 0 amide bonds. The van der Waals surface area contributed by atoms with E-state index in [4.69, 9.17) is 17.0 Å². The SMILES string of the molecule is COc1ccc(-c2n[nH]c(=S)n2/N=C\c2ccc(O)c(O)c2)cc1. The first-order valence-electron chi connectivity index (χ1n) is 6.96. The summed E-state index contributed by atoms with van der Waals surface area (Å²) >= 11 is 5.20. The van der Waals surface area contributed by atoms with Gasteiger partial charge in [-0.05, 0) is 60.2 Å². The normalized spacial score (nSPS) is 11.0. The van der Waals surface area contributed by atoms with Gasteiger partial charge in [0, 0.05) is 5.56 Å². The monoisotopic (exact) mass is 342 g/mol. The highest BCUT2D eigenvalue weighted by atomic mass is 32.1. The summed E-state index contributed by atoms with van der Waals surface area (Å²) in [4.78, 5) is 0. The Bertz CT molecular complexity index is 945. The molecule has 7 nitrogen and oxygen atoms in total. The molecule has 0 aliphatic carbocycles. The van der Waals surface area contributed by atoms with E-state index in [1.54, 1.807) is 13.2 Å². The number of methoxy groups -OCH3 is 1. The van der Waals surface area contributed by atoms with Crippen molar-refractivity contribution in [2.75, 3.05) is 7.11 Å².